The summed E-state index contributed by atoms with van der Waals surface area (Å²) in [5.74, 6) is -0.780. The molecule has 1 N–H and O–H groups in total. The van der Waals surface area contributed by atoms with Crippen LogP contribution in [0.25, 0.3) is 0 Å². The van der Waals surface area contributed by atoms with Gasteiger partial charge < -0.3 is 10.2 Å². The Morgan fingerprint density at radius 3 is 2.50 bits per heavy atom. The third kappa shape index (κ3) is 4.64. The Kier molecular flexibility index (Phi) is 5.62. The summed E-state index contributed by atoms with van der Waals surface area (Å²) in [5.41, 5.74) is 0.955. The number of hydrogen-bond acceptors (Lipinski definition) is 4. The number of likely N-dealkylation sites (N-methyl/N-ethyl adjacent to an activating group) is 1. The summed E-state index contributed by atoms with van der Waals surface area (Å²) < 4.78 is 0. The van der Waals surface area contributed by atoms with E-state index in [1.807, 2.05) is 30.3 Å². The molecule has 2 aromatic rings. The van der Waals surface area contributed by atoms with Gasteiger partial charge in [0.2, 0.25) is 5.91 Å². The Morgan fingerprint density at radius 1 is 1.12 bits per heavy atom. The summed E-state index contributed by atoms with van der Waals surface area (Å²) in [7, 11) is 1.65. The second kappa shape index (κ2) is 7.87. The lowest BCUT2D eigenvalue weighted by Gasteiger charge is -2.17. The summed E-state index contributed by atoms with van der Waals surface area (Å²) in [5, 5.41) is 13.2. The molecule has 2 amide bonds. The zero-order valence-electron chi connectivity index (χ0n) is 13.1. The van der Waals surface area contributed by atoms with E-state index < -0.39 is 10.8 Å². The molecule has 0 aliphatic carbocycles. The van der Waals surface area contributed by atoms with Crippen molar-refractivity contribution < 1.29 is 14.5 Å². The van der Waals surface area contributed by atoms with Crippen LogP contribution in [0, 0.1) is 10.1 Å². The van der Waals surface area contributed by atoms with Crippen LogP contribution in [0.1, 0.15) is 15.9 Å². The average Bonchev–Trinajstić information content (AvgIpc) is 2.60. The van der Waals surface area contributed by atoms with Crippen LogP contribution in [0.3, 0.4) is 0 Å². The molecule has 0 saturated carbocycles. The summed E-state index contributed by atoms with van der Waals surface area (Å²) in [6, 6.07) is 14.8. The highest BCUT2D eigenvalue weighted by Gasteiger charge is 2.14. The van der Waals surface area contributed by atoms with Crippen molar-refractivity contribution in [2.75, 3.05) is 13.6 Å². The van der Waals surface area contributed by atoms with Gasteiger partial charge in [-0.05, 0) is 11.6 Å². The fourth-order valence-electron chi connectivity index (χ4n) is 2.10. The molecule has 7 heteroatoms. The minimum atomic E-state index is -0.574. The summed E-state index contributed by atoms with van der Waals surface area (Å²) in [6.45, 7) is 0.261. The van der Waals surface area contributed by atoms with Crippen molar-refractivity contribution in [1.82, 2.24) is 10.2 Å². The summed E-state index contributed by atoms with van der Waals surface area (Å²) >= 11 is 0. The van der Waals surface area contributed by atoms with E-state index in [4.69, 9.17) is 0 Å². The fourth-order valence-corrected chi connectivity index (χ4v) is 2.10. The maximum atomic E-state index is 12.1. The van der Waals surface area contributed by atoms with Gasteiger partial charge in [-0.15, -0.1) is 0 Å². The lowest BCUT2D eigenvalue weighted by atomic mass is 10.2. The predicted octanol–water partition coefficient (Wildman–Crippen LogP) is 1.98. The van der Waals surface area contributed by atoms with Crippen LogP contribution >= 0.6 is 0 Å². The first-order valence-corrected chi connectivity index (χ1v) is 7.28. The molecule has 24 heavy (non-hydrogen) atoms. The number of hydrogen-bond donors (Lipinski definition) is 1. The zero-order chi connectivity index (χ0) is 17.5. The van der Waals surface area contributed by atoms with Gasteiger partial charge in [0, 0.05) is 31.3 Å². The van der Waals surface area contributed by atoms with Crippen LogP contribution in [0.4, 0.5) is 5.69 Å². The van der Waals surface area contributed by atoms with Crippen LogP contribution < -0.4 is 5.32 Å². The van der Waals surface area contributed by atoms with Gasteiger partial charge in [-0.1, -0.05) is 36.4 Å². The highest BCUT2D eigenvalue weighted by molar-refractivity contribution is 5.96. The van der Waals surface area contributed by atoms with Gasteiger partial charge in [-0.25, -0.2) is 0 Å². The van der Waals surface area contributed by atoms with Crippen molar-refractivity contribution in [3.05, 3.63) is 75.8 Å². The first kappa shape index (κ1) is 17.1. The molecule has 0 spiro atoms. The molecular formula is C17H17N3O4. The van der Waals surface area contributed by atoms with Crippen molar-refractivity contribution in [2.24, 2.45) is 0 Å². The second-order valence-corrected chi connectivity index (χ2v) is 5.23. The number of non-ortho nitro benzene ring substituents is 1. The maximum absolute atomic E-state index is 12.1. The van der Waals surface area contributed by atoms with E-state index in [-0.39, 0.29) is 23.7 Å². The van der Waals surface area contributed by atoms with E-state index >= 15 is 0 Å². The summed E-state index contributed by atoms with van der Waals surface area (Å²) in [6.07, 6.45) is 0. The number of nitrogens with zero attached hydrogens (tertiary/aromatic N) is 2. The van der Waals surface area contributed by atoms with Crippen LogP contribution in [0.2, 0.25) is 0 Å². The molecule has 0 aliphatic rings. The smallest absolute Gasteiger partial charge is 0.270 e. The Balaban J connectivity index is 1.90. The third-order valence-electron chi connectivity index (χ3n) is 3.41. The van der Waals surface area contributed by atoms with E-state index in [9.17, 15) is 19.7 Å². The van der Waals surface area contributed by atoms with E-state index in [1.165, 1.54) is 29.2 Å². The molecule has 0 fully saturated rings. The number of nitro benzene ring substituents is 1. The van der Waals surface area contributed by atoms with Crippen LogP contribution in [-0.2, 0) is 11.3 Å². The van der Waals surface area contributed by atoms with Gasteiger partial charge >= 0.3 is 0 Å². The number of amides is 2. The standard InChI is InChI=1S/C17H17N3O4/c1-19(12-13-6-3-2-4-7-13)16(21)11-18-17(22)14-8-5-9-15(10-14)20(23)24/h2-10H,11-12H2,1H3,(H,18,22). The monoisotopic (exact) mass is 327 g/mol. The molecule has 0 aliphatic heterocycles. The molecule has 0 saturated heterocycles. The predicted molar refractivity (Wildman–Crippen MR) is 88.3 cm³/mol. The average molecular weight is 327 g/mol. The molecule has 124 valence electrons. The Labute approximate surface area is 139 Å². The molecule has 0 unspecified atom stereocenters. The first-order valence-electron chi connectivity index (χ1n) is 7.28. The van der Waals surface area contributed by atoms with Gasteiger partial charge in [-0.2, -0.15) is 0 Å². The maximum Gasteiger partial charge on any atom is 0.270 e. The van der Waals surface area contributed by atoms with Crippen molar-refractivity contribution in [3.63, 3.8) is 0 Å². The zero-order valence-corrected chi connectivity index (χ0v) is 13.1. The lowest BCUT2D eigenvalue weighted by Crippen LogP contribution is -2.37. The first-order chi connectivity index (χ1) is 11.5. The van der Waals surface area contributed by atoms with Gasteiger partial charge in [-0.3, -0.25) is 19.7 Å². The Morgan fingerprint density at radius 2 is 1.83 bits per heavy atom. The normalized spacial score (nSPS) is 10.0. The Bertz CT molecular complexity index is 747. The summed E-state index contributed by atoms with van der Waals surface area (Å²) in [4.78, 5) is 35.7. The highest BCUT2D eigenvalue weighted by Crippen LogP contribution is 2.12. The lowest BCUT2D eigenvalue weighted by molar-refractivity contribution is -0.384. The quantitative estimate of drug-likeness (QED) is 0.648. The molecule has 7 nitrogen and oxygen atoms in total. The number of carbonyl (C=O) groups is 2. The fraction of sp³-hybridized carbons (Fsp3) is 0.176. The number of nitro groups is 1. The number of rotatable bonds is 6. The second-order valence-electron chi connectivity index (χ2n) is 5.23. The van der Waals surface area contributed by atoms with Crippen LogP contribution in [-0.4, -0.2) is 35.2 Å². The molecular weight excluding hydrogens is 310 g/mol. The molecule has 0 radical (unpaired) electrons. The number of nitrogens with one attached hydrogen (secondary N) is 1. The molecule has 0 heterocycles. The Hall–Kier alpha value is -3.22. The third-order valence-corrected chi connectivity index (χ3v) is 3.41. The minimum Gasteiger partial charge on any atom is -0.343 e. The molecule has 0 atom stereocenters. The van der Waals surface area contributed by atoms with E-state index in [2.05, 4.69) is 5.32 Å². The van der Waals surface area contributed by atoms with Crippen LogP contribution in [0.5, 0.6) is 0 Å². The molecule has 0 bridgehead atoms. The molecule has 2 aromatic carbocycles. The topological polar surface area (TPSA) is 92.6 Å². The largest absolute Gasteiger partial charge is 0.343 e. The number of benzene rings is 2. The van der Waals surface area contributed by atoms with Crippen molar-refractivity contribution in [1.29, 1.82) is 0 Å². The van der Waals surface area contributed by atoms with Crippen molar-refractivity contribution >= 4 is 17.5 Å². The van der Waals surface area contributed by atoms with Crippen LogP contribution in [0.15, 0.2) is 54.6 Å². The van der Waals surface area contributed by atoms with Gasteiger partial charge in [0.05, 0.1) is 11.5 Å². The molecule has 2 rings (SSSR count). The minimum absolute atomic E-state index is 0.141. The highest BCUT2D eigenvalue weighted by atomic mass is 16.6. The van der Waals surface area contributed by atoms with E-state index in [0.29, 0.717) is 6.54 Å². The van der Waals surface area contributed by atoms with Crippen molar-refractivity contribution in [2.45, 2.75) is 6.54 Å². The molecule has 0 aromatic heterocycles. The van der Waals surface area contributed by atoms with Gasteiger partial charge in [0.1, 0.15) is 0 Å². The van der Waals surface area contributed by atoms with E-state index in [0.717, 1.165) is 5.56 Å². The van der Waals surface area contributed by atoms with Gasteiger partial charge in [0.15, 0.2) is 0 Å². The van der Waals surface area contributed by atoms with Gasteiger partial charge in [0.25, 0.3) is 11.6 Å². The number of carbonyl (C=O) groups excluding carboxylic acids is 2. The van der Waals surface area contributed by atoms with E-state index in [1.54, 1.807) is 7.05 Å². The van der Waals surface area contributed by atoms with Crippen molar-refractivity contribution in [3.8, 4) is 0 Å². The SMILES string of the molecule is CN(Cc1ccccc1)C(=O)CNC(=O)c1cccc([N+](=O)[O-])c1.